The van der Waals surface area contributed by atoms with Crippen molar-refractivity contribution in [3.05, 3.63) is 66.1 Å². The van der Waals surface area contributed by atoms with E-state index in [1.807, 2.05) is 18.5 Å². The Bertz CT molecular complexity index is 856. The van der Waals surface area contributed by atoms with Gasteiger partial charge in [-0.1, -0.05) is 12.1 Å². The predicted octanol–water partition coefficient (Wildman–Crippen LogP) is 3.41. The van der Waals surface area contributed by atoms with Crippen molar-refractivity contribution in [2.45, 2.75) is 25.4 Å². The van der Waals surface area contributed by atoms with Crippen LogP contribution in [-0.2, 0) is 6.54 Å². The zero-order valence-corrected chi connectivity index (χ0v) is 16.3. The Balaban J connectivity index is 1.44. The number of hydrogen-bond acceptors (Lipinski definition) is 5. The Morgan fingerprint density at radius 1 is 1.14 bits per heavy atom. The van der Waals surface area contributed by atoms with Crippen molar-refractivity contribution in [1.29, 1.82) is 0 Å². The monoisotopic (exact) mass is 377 g/mol. The first-order valence-corrected chi connectivity index (χ1v) is 9.86. The normalized spacial score (nSPS) is 15.6. The van der Waals surface area contributed by atoms with Crippen LogP contribution in [0.2, 0.25) is 0 Å². The number of hydrogen-bond donors (Lipinski definition) is 2. The van der Waals surface area contributed by atoms with Gasteiger partial charge < -0.3 is 10.1 Å². The first-order valence-electron chi connectivity index (χ1n) is 9.86. The molecule has 1 aromatic carbocycles. The van der Waals surface area contributed by atoms with Gasteiger partial charge >= 0.3 is 0 Å². The minimum absolute atomic E-state index is 0.363. The van der Waals surface area contributed by atoms with Gasteiger partial charge in [0.2, 0.25) is 0 Å². The number of pyridine rings is 1. The van der Waals surface area contributed by atoms with E-state index < -0.39 is 0 Å². The molecule has 3 aromatic rings. The molecule has 6 nitrogen and oxygen atoms in total. The van der Waals surface area contributed by atoms with Crippen LogP contribution in [0.5, 0.6) is 5.75 Å². The highest BCUT2D eigenvalue weighted by Crippen LogP contribution is 2.26. The number of likely N-dealkylation sites (tertiary alicyclic amines) is 1. The molecule has 1 aliphatic heterocycles. The molecule has 0 bridgehead atoms. The molecule has 6 heteroatoms. The Hall–Kier alpha value is -2.70. The number of nitrogens with one attached hydrogen (secondary N) is 2. The van der Waals surface area contributed by atoms with Crippen molar-refractivity contribution >= 4 is 0 Å². The van der Waals surface area contributed by atoms with Crippen molar-refractivity contribution < 1.29 is 4.74 Å². The lowest BCUT2D eigenvalue weighted by Crippen LogP contribution is -2.34. The van der Waals surface area contributed by atoms with Crippen LogP contribution in [0.3, 0.4) is 0 Å². The molecule has 1 aliphatic rings. The fraction of sp³-hybridized carbons (Fsp3) is 0.364. The largest absolute Gasteiger partial charge is 0.497 e. The summed E-state index contributed by atoms with van der Waals surface area (Å²) in [7, 11) is 1.71. The zero-order chi connectivity index (χ0) is 19.2. The summed E-state index contributed by atoms with van der Waals surface area (Å²) in [6.45, 7) is 3.97. The smallest absolute Gasteiger partial charge is 0.118 e. The summed E-state index contributed by atoms with van der Waals surface area (Å²) >= 11 is 0. The number of ether oxygens (including phenoxy) is 1. The average molecular weight is 377 g/mol. The second kappa shape index (κ2) is 8.99. The third kappa shape index (κ3) is 4.24. The average Bonchev–Trinajstić information content (AvgIpc) is 3.44. The fourth-order valence-corrected chi connectivity index (χ4v) is 3.89. The van der Waals surface area contributed by atoms with Crippen molar-refractivity contribution in [3.8, 4) is 17.0 Å². The molecule has 1 unspecified atom stereocenters. The fourth-order valence-electron chi connectivity index (χ4n) is 3.89. The molecule has 0 spiro atoms. The number of H-pyrrole nitrogens is 1. The minimum Gasteiger partial charge on any atom is -0.497 e. The number of aromatic amines is 1. The molecule has 28 heavy (non-hydrogen) atoms. The first-order chi connectivity index (χ1) is 13.8. The number of rotatable bonds is 8. The number of benzene rings is 1. The van der Waals surface area contributed by atoms with E-state index in [-0.39, 0.29) is 0 Å². The van der Waals surface area contributed by atoms with Crippen LogP contribution in [0, 0.1) is 0 Å². The van der Waals surface area contributed by atoms with Crippen molar-refractivity contribution in [2.24, 2.45) is 0 Å². The lowest BCUT2D eigenvalue weighted by atomic mass is 10.0. The van der Waals surface area contributed by atoms with Crippen molar-refractivity contribution in [3.63, 3.8) is 0 Å². The highest BCUT2D eigenvalue weighted by Gasteiger charge is 2.23. The molecule has 0 saturated carbocycles. The molecule has 1 saturated heterocycles. The SMILES string of the molecule is COc1ccc(C(CNCc2cn[nH]c2-c2cccnc2)N2CCCC2)cc1. The maximum Gasteiger partial charge on any atom is 0.118 e. The highest BCUT2D eigenvalue weighted by atomic mass is 16.5. The van der Waals surface area contributed by atoms with Crippen LogP contribution < -0.4 is 10.1 Å². The summed E-state index contributed by atoms with van der Waals surface area (Å²) in [6.07, 6.45) is 8.10. The predicted molar refractivity (Wildman–Crippen MR) is 110 cm³/mol. The highest BCUT2D eigenvalue weighted by molar-refractivity contribution is 5.61. The summed E-state index contributed by atoms with van der Waals surface area (Å²) in [4.78, 5) is 6.79. The summed E-state index contributed by atoms with van der Waals surface area (Å²) in [5.41, 5.74) is 4.57. The molecule has 1 fully saturated rings. The Kier molecular flexibility index (Phi) is 5.99. The second-order valence-electron chi connectivity index (χ2n) is 7.17. The van der Waals surface area contributed by atoms with Crippen molar-refractivity contribution in [1.82, 2.24) is 25.4 Å². The second-order valence-corrected chi connectivity index (χ2v) is 7.17. The summed E-state index contributed by atoms with van der Waals surface area (Å²) in [5, 5.41) is 11.0. The van der Waals surface area contributed by atoms with Gasteiger partial charge in [0.1, 0.15) is 5.75 Å². The molecule has 0 amide bonds. The van der Waals surface area contributed by atoms with Gasteiger partial charge in [-0.05, 0) is 55.8 Å². The van der Waals surface area contributed by atoms with Crippen LogP contribution in [-0.4, -0.2) is 46.8 Å². The molecule has 2 aromatic heterocycles. The Labute approximate surface area is 165 Å². The topological polar surface area (TPSA) is 66.1 Å². The third-order valence-corrected chi connectivity index (χ3v) is 5.40. The van der Waals surface area contributed by atoms with E-state index in [2.05, 4.69) is 55.7 Å². The molecular formula is C22H27N5O. The maximum absolute atomic E-state index is 5.31. The molecule has 2 N–H and O–H groups in total. The number of aromatic nitrogens is 3. The Morgan fingerprint density at radius 3 is 2.68 bits per heavy atom. The van der Waals surface area contributed by atoms with Gasteiger partial charge in [-0.15, -0.1) is 0 Å². The molecule has 0 aliphatic carbocycles. The van der Waals surface area contributed by atoms with E-state index in [4.69, 9.17) is 4.74 Å². The van der Waals surface area contributed by atoms with Gasteiger partial charge in [-0.3, -0.25) is 15.0 Å². The lowest BCUT2D eigenvalue weighted by Gasteiger charge is -2.28. The van der Waals surface area contributed by atoms with Crippen molar-refractivity contribution in [2.75, 3.05) is 26.7 Å². The first kappa shape index (κ1) is 18.7. The van der Waals surface area contributed by atoms with E-state index in [9.17, 15) is 0 Å². The Morgan fingerprint density at radius 2 is 1.96 bits per heavy atom. The molecule has 1 atom stereocenters. The lowest BCUT2D eigenvalue weighted by molar-refractivity contribution is 0.238. The summed E-state index contributed by atoms with van der Waals surface area (Å²) < 4.78 is 5.31. The zero-order valence-electron chi connectivity index (χ0n) is 16.3. The van der Waals surface area contributed by atoms with Gasteiger partial charge in [0, 0.05) is 42.7 Å². The summed E-state index contributed by atoms with van der Waals surface area (Å²) in [5.74, 6) is 0.899. The molecule has 146 valence electrons. The molecule has 0 radical (unpaired) electrons. The third-order valence-electron chi connectivity index (χ3n) is 5.40. The van der Waals surface area contributed by atoms with Gasteiger partial charge in [-0.25, -0.2) is 0 Å². The number of nitrogens with zero attached hydrogens (tertiary/aromatic N) is 3. The minimum atomic E-state index is 0.363. The van der Waals surface area contributed by atoms with Crippen LogP contribution in [0.25, 0.3) is 11.3 Å². The van der Waals surface area contributed by atoms with E-state index in [0.29, 0.717) is 6.04 Å². The van der Waals surface area contributed by atoms with Gasteiger partial charge in [0.05, 0.1) is 19.0 Å². The number of methoxy groups -OCH3 is 1. The van der Waals surface area contributed by atoms with E-state index in [1.54, 1.807) is 13.3 Å². The molecular weight excluding hydrogens is 350 g/mol. The van der Waals surface area contributed by atoms with Gasteiger partial charge in [0.15, 0.2) is 0 Å². The van der Waals surface area contributed by atoms with Crippen LogP contribution >= 0.6 is 0 Å². The summed E-state index contributed by atoms with van der Waals surface area (Å²) in [6, 6.07) is 12.8. The van der Waals surface area contributed by atoms with Gasteiger partial charge in [0.25, 0.3) is 0 Å². The van der Waals surface area contributed by atoms with E-state index in [0.717, 1.165) is 48.7 Å². The molecule has 4 rings (SSSR count). The quantitative estimate of drug-likeness (QED) is 0.630. The van der Waals surface area contributed by atoms with Crippen LogP contribution in [0.4, 0.5) is 0 Å². The van der Waals surface area contributed by atoms with Crippen LogP contribution in [0.15, 0.2) is 55.0 Å². The van der Waals surface area contributed by atoms with E-state index in [1.165, 1.54) is 18.4 Å². The van der Waals surface area contributed by atoms with Gasteiger partial charge in [-0.2, -0.15) is 5.10 Å². The molecule has 3 heterocycles. The van der Waals surface area contributed by atoms with E-state index >= 15 is 0 Å². The standard InChI is InChI=1S/C22H27N5O/c1-28-20-8-6-17(7-9-20)21(27-11-2-3-12-27)16-24-14-19-15-25-26-22(19)18-5-4-10-23-13-18/h4-10,13,15,21,24H,2-3,11-12,14,16H2,1H3,(H,25,26). The van der Waals surface area contributed by atoms with Crippen LogP contribution in [0.1, 0.15) is 30.0 Å². The maximum atomic E-state index is 5.31.